The monoisotopic (exact) mass is 172 g/mol. The van der Waals surface area contributed by atoms with E-state index in [0.29, 0.717) is 0 Å². The molecule has 0 radical (unpaired) electrons. The maximum absolute atomic E-state index is 12.5. The van der Waals surface area contributed by atoms with Crippen LogP contribution in [0.4, 0.5) is 8.78 Å². The molecule has 0 aromatic rings. The van der Waals surface area contributed by atoms with Crippen molar-refractivity contribution in [1.29, 1.82) is 0 Å². The third kappa shape index (κ3) is 4.06. The number of allylic oxidation sites excluding steroid dienone is 5. The van der Waals surface area contributed by atoms with Crippen LogP contribution in [-0.4, -0.2) is 5.92 Å². The van der Waals surface area contributed by atoms with Crippen LogP contribution in [0.25, 0.3) is 0 Å². The molecule has 0 N–H and O–H groups in total. The van der Waals surface area contributed by atoms with Crippen LogP contribution in [0.1, 0.15) is 20.8 Å². The van der Waals surface area contributed by atoms with Crippen LogP contribution in [0.5, 0.6) is 0 Å². The number of rotatable bonds is 3. The fraction of sp³-hybridized carbons (Fsp3) is 0.400. The Bertz CT molecular complexity index is 216. The van der Waals surface area contributed by atoms with Gasteiger partial charge in [0.2, 0.25) is 0 Å². The second-order valence-electron chi connectivity index (χ2n) is 2.85. The molecule has 0 unspecified atom stereocenters. The van der Waals surface area contributed by atoms with Gasteiger partial charge in [-0.2, -0.15) is 0 Å². The molecule has 0 saturated heterocycles. The third-order valence-electron chi connectivity index (χ3n) is 1.61. The van der Waals surface area contributed by atoms with E-state index >= 15 is 0 Å². The first-order valence-corrected chi connectivity index (χ1v) is 3.74. The zero-order chi connectivity index (χ0) is 9.78. The maximum atomic E-state index is 12.5. The van der Waals surface area contributed by atoms with Crippen LogP contribution in [-0.2, 0) is 0 Å². The van der Waals surface area contributed by atoms with E-state index in [1.807, 2.05) is 6.92 Å². The number of hydrogen-bond acceptors (Lipinski definition) is 0. The van der Waals surface area contributed by atoms with Crippen LogP contribution in [0.2, 0.25) is 0 Å². The van der Waals surface area contributed by atoms with Gasteiger partial charge in [-0.25, -0.2) is 8.78 Å². The molecular formula is C10H14F2. The lowest BCUT2D eigenvalue weighted by Gasteiger charge is -2.09. The van der Waals surface area contributed by atoms with Gasteiger partial charge in [0.05, 0.1) is 0 Å². The molecule has 0 atom stereocenters. The maximum Gasteiger partial charge on any atom is 0.266 e. The minimum Gasteiger partial charge on any atom is -0.202 e. The van der Waals surface area contributed by atoms with Gasteiger partial charge in [-0.1, -0.05) is 30.4 Å². The Labute approximate surface area is 72.3 Å². The average molecular weight is 172 g/mol. The topological polar surface area (TPSA) is 0 Å². The number of halogens is 2. The van der Waals surface area contributed by atoms with Crippen LogP contribution < -0.4 is 0 Å². The van der Waals surface area contributed by atoms with E-state index in [1.165, 1.54) is 13.0 Å². The highest BCUT2D eigenvalue weighted by Gasteiger charge is 2.22. The zero-order valence-electron chi connectivity index (χ0n) is 7.70. The van der Waals surface area contributed by atoms with Crippen LogP contribution >= 0.6 is 0 Å². The largest absolute Gasteiger partial charge is 0.266 e. The Balaban J connectivity index is 4.49. The first-order valence-electron chi connectivity index (χ1n) is 3.74. The van der Waals surface area contributed by atoms with Gasteiger partial charge in [-0.05, 0) is 19.4 Å². The Morgan fingerprint density at radius 1 is 1.25 bits per heavy atom. The molecule has 0 aromatic heterocycles. The molecule has 0 nitrogen and oxygen atoms in total. The molecule has 0 aliphatic rings. The van der Waals surface area contributed by atoms with Crippen LogP contribution in [0.15, 0.2) is 36.0 Å². The molecule has 0 heterocycles. The summed E-state index contributed by atoms with van der Waals surface area (Å²) in [4.78, 5) is 0. The van der Waals surface area contributed by atoms with E-state index in [4.69, 9.17) is 0 Å². The molecule has 2 heteroatoms. The first kappa shape index (κ1) is 11.1. The van der Waals surface area contributed by atoms with E-state index in [9.17, 15) is 8.78 Å². The van der Waals surface area contributed by atoms with Crippen LogP contribution in [0, 0.1) is 0 Å². The van der Waals surface area contributed by atoms with E-state index in [1.54, 1.807) is 12.2 Å². The number of hydrogen-bond donors (Lipinski definition) is 0. The fourth-order valence-electron chi connectivity index (χ4n) is 0.471. The van der Waals surface area contributed by atoms with Gasteiger partial charge in [-0.15, -0.1) is 0 Å². The normalized spacial score (nSPS) is 14.8. The summed E-state index contributed by atoms with van der Waals surface area (Å²) in [6.45, 7) is 7.62. The van der Waals surface area contributed by atoms with Crippen molar-refractivity contribution in [3.63, 3.8) is 0 Å². The standard InChI is InChI=1S/C10H14F2/c1-5-8(2)6-7-9(3)10(4,11)12/h5-7H,1H2,2-4H3/b8-6-,9-7+. The van der Waals surface area contributed by atoms with Gasteiger partial charge in [0.15, 0.2) is 0 Å². The molecule has 0 aliphatic carbocycles. The summed E-state index contributed by atoms with van der Waals surface area (Å²) in [7, 11) is 0. The molecule has 0 fully saturated rings. The lowest BCUT2D eigenvalue weighted by Crippen LogP contribution is -2.10. The van der Waals surface area contributed by atoms with E-state index in [-0.39, 0.29) is 5.57 Å². The van der Waals surface area contributed by atoms with Crippen molar-refractivity contribution in [1.82, 2.24) is 0 Å². The van der Waals surface area contributed by atoms with Crippen molar-refractivity contribution < 1.29 is 8.78 Å². The Hall–Kier alpha value is -0.920. The summed E-state index contributed by atoms with van der Waals surface area (Å²) >= 11 is 0. The molecule has 68 valence electrons. The highest BCUT2D eigenvalue weighted by Crippen LogP contribution is 2.22. The minimum absolute atomic E-state index is 0.0590. The SMILES string of the molecule is C=C/C(C)=C\C=C(/C)C(C)(F)F. The molecule has 0 bridgehead atoms. The van der Waals surface area contributed by atoms with Crippen molar-refractivity contribution in [3.8, 4) is 0 Å². The molecule has 0 saturated carbocycles. The van der Waals surface area contributed by atoms with Crippen molar-refractivity contribution in [2.75, 3.05) is 0 Å². The van der Waals surface area contributed by atoms with Crippen molar-refractivity contribution >= 4 is 0 Å². The quantitative estimate of drug-likeness (QED) is 0.569. The Morgan fingerprint density at radius 3 is 2.08 bits per heavy atom. The highest BCUT2D eigenvalue weighted by atomic mass is 19.3. The van der Waals surface area contributed by atoms with E-state index in [0.717, 1.165) is 12.5 Å². The van der Waals surface area contributed by atoms with Gasteiger partial charge in [-0.3, -0.25) is 0 Å². The second-order valence-corrected chi connectivity index (χ2v) is 2.85. The molecular weight excluding hydrogens is 158 g/mol. The molecule has 0 aromatic carbocycles. The lowest BCUT2D eigenvalue weighted by molar-refractivity contribution is 0.0635. The predicted molar refractivity (Wildman–Crippen MR) is 48.3 cm³/mol. The van der Waals surface area contributed by atoms with E-state index < -0.39 is 5.92 Å². The van der Waals surface area contributed by atoms with Gasteiger partial charge in [0.1, 0.15) is 0 Å². The van der Waals surface area contributed by atoms with E-state index in [2.05, 4.69) is 6.58 Å². The van der Waals surface area contributed by atoms with Crippen molar-refractivity contribution in [2.24, 2.45) is 0 Å². The lowest BCUT2D eigenvalue weighted by atomic mass is 10.1. The average Bonchev–Trinajstić information content (AvgIpc) is 1.97. The Morgan fingerprint density at radius 2 is 1.75 bits per heavy atom. The van der Waals surface area contributed by atoms with Gasteiger partial charge in [0.25, 0.3) is 5.92 Å². The predicted octanol–water partition coefficient (Wildman–Crippen LogP) is 3.72. The highest BCUT2D eigenvalue weighted by molar-refractivity contribution is 5.24. The van der Waals surface area contributed by atoms with Gasteiger partial charge < -0.3 is 0 Å². The van der Waals surface area contributed by atoms with Crippen molar-refractivity contribution in [2.45, 2.75) is 26.7 Å². The molecule has 0 amide bonds. The van der Waals surface area contributed by atoms with Gasteiger partial charge >= 0.3 is 0 Å². The fourth-order valence-corrected chi connectivity index (χ4v) is 0.471. The summed E-state index contributed by atoms with van der Waals surface area (Å²) in [6.07, 6.45) is 4.66. The van der Waals surface area contributed by atoms with Gasteiger partial charge in [0, 0.05) is 6.92 Å². The molecule has 0 spiro atoms. The summed E-state index contributed by atoms with van der Waals surface area (Å²) in [6, 6.07) is 0. The zero-order valence-corrected chi connectivity index (χ0v) is 7.70. The first-order chi connectivity index (χ1) is 5.38. The summed E-state index contributed by atoms with van der Waals surface area (Å²) in [5.74, 6) is -2.72. The summed E-state index contributed by atoms with van der Waals surface area (Å²) < 4.78 is 25.1. The minimum atomic E-state index is -2.72. The summed E-state index contributed by atoms with van der Waals surface area (Å²) in [5.41, 5.74) is 0.933. The van der Waals surface area contributed by atoms with Crippen LogP contribution in [0.3, 0.4) is 0 Å². The Kier molecular flexibility index (Phi) is 3.87. The van der Waals surface area contributed by atoms with Crippen molar-refractivity contribution in [3.05, 3.63) is 36.0 Å². The molecule has 0 rings (SSSR count). The second kappa shape index (κ2) is 4.19. The molecule has 0 aliphatic heterocycles. The molecule has 12 heavy (non-hydrogen) atoms. The smallest absolute Gasteiger partial charge is 0.202 e. The number of alkyl halides is 2. The third-order valence-corrected chi connectivity index (χ3v) is 1.61. The summed E-state index contributed by atoms with van der Waals surface area (Å²) in [5, 5.41) is 0.